The van der Waals surface area contributed by atoms with Gasteiger partial charge in [-0.3, -0.25) is 0 Å². The van der Waals surface area contributed by atoms with E-state index >= 15 is 0 Å². The summed E-state index contributed by atoms with van der Waals surface area (Å²) in [4.78, 5) is 5.33. The highest BCUT2D eigenvalue weighted by Gasteiger charge is 2.09. The number of aromatic nitrogens is 1. The third-order valence-electron chi connectivity index (χ3n) is 1.72. The molecule has 0 amide bonds. The average Bonchev–Trinajstić information content (AvgIpc) is 2.30. The zero-order valence-electron chi connectivity index (χ0n) is 7.10. The summed E-state index contributed by atoms with van der Waals surface area (Å²) >= 11 is 13.3. The maximum absolute atomic E-state index is 6.02. The van der Waals surface area contributed by atoms with Crippen molar-refractivity contribution in [3.05, 3.63) is 15.0 Å². The molecule has 1 atom stereocenters. The second kappa shape index (κ2) is 4.45. The highest BCUT2D eigenvalue weighted by atomic mass is 35.5. The summed E-state index contributed by atoms with van der Waals surface area (Å²) < 4.78 is 0.613. The minimum atomic E-state index is 0.209. The molecule has 1 heterocycles. The van der Waals surface area contributed by atoms with Crippen LogP contribution in [0.4, 0.5) is 0 Å². The lowest BCUT2D eigenvalue weighted by atomic mass is 10.2. The van der Waals surface area contributed by atoms with E-state index in [2.05, 4.69) is 11.9 Å². The van der Waals surface area contributed by atoms with Crippen molar-refractivity contribution in [3.8, 4) is 0 Å². The molecule has 1 unspecified atom stereocenters. The molecule has 0 N–H and O–H groups in total. The largest absolute Gasteiger partial charge is 0.230 e. The third kappa shape index (κ3) is 2.61. The zero-order valence-corrected chi connectivity index (χ0v) is 9.43. The normalized spacial score (nSPS) is 13.3. The molecule has 0 aliphatic rings. The number of alkyl halides is 1. The van der Waals surface area contributed by atoms with Gasteiger partial charge in [-0.25, -0.2) is 4.98 Å². The molecule has 1 rings (SSSR count). The minimum Gasteiger partial charge on any atom is -0.230 e. The highest BCUT2D eigenvalue weighted by molar-refractivity contribution is 7.15. The number of thiazole rings is 1. The number of hydrogen-bond donors (Lipinski definition) is 0. The first-order valence-electron chi connectivity index (χ1n) is 3.89. The van der Waals surface area contributed by atoms with Crippen LogP contribution in [-0.2, 0) is 6.42 Å². The average molecular weight is 224 g/mol. The van der Waals surface area contributed by atoms with Crippen LogP contribution >= 0.6 is 34.5 Å². The van der Waals surface area contributed by atoms with Crippen molar-refractivity contribution in [2.75, 3.05) is 0 Å². The van der Waals surface area contributed by atoms with Crippen LogP contribution < -0.4 is 0 Å². The Kier molecular flexibility index (Phi) is 3.81. The molecule has 0 radical (unpaired) electrons. The fourth-order valence-corrected chi connectivity index (χ4v) is 2.44. The van der Waals surface area contributed by atoms with Gasteiger partial charge in [0.15, 0.2) is 4.47 Å². The van der Waals surface area contributed by atoms with Crippen LogP contribution in [0.3, 0.4) is 0 Å². The van der Waals surface area contributed by atoms with E-state index < -0.39 is 0 Å². The lowest BCUT2D eigenvalue weighted by Gasteiger charge is -2.03. The van der Waals surface area contributed by atoms with Crippen molar-refractivity contribution in [3.63, 3.8) is 0 Å². The maximum Gasteiger partial charge on any atom is 0.184 e. The van der Waals surface area contributed by atoms with Crippen molar-refractivity contribution in [2.45, 2.75) is 32.1 Å². The molecule has 1 nitrogen and oxygen atoms in total. The molecule has 0 fully saturated rings. The van der Waals surface area contributed by atoms with Gasteiger partial charge in [-0.2, -0.15) is 0 Å². The molecule has 0 saturated carbocycles. The first kappa shape index (κ1) is 10.3. The predicted molar refractivity (Wildman–Crippen MR) is 55.5 cm³/mol. The van der Waals surface area contributed by atoms with E-state index in [1.807, 2.05) is 6.92 Å². The smallest absolute Gasteiger partial charge is 0.184 e. The van der Waals surface area contributed by atoms with Gasteiger partial charge in [-0.05, 0) is 13.3 Å². The van der Waals surface area contributed by atoms with E-state index in [0.717, 1.165) is 18.5 Å². The molecule has 0 aliphatic carbocycles. The van der Waals surface area contributed by atoms with Gasteiger partial charge in [0.25, 0.3) is 0 Å². The molecule has 0 aliphatic heterocycles. The van der Waals surface area contributed by atoms with Crippen molar-refractivity contribution in [1.82, 2.24) is 4.98 Å². The Hall–Kier alpha value is 0.210. The Morgan fingerprint density at radius 1 is 1.58 bits per heavy atom. The van der Waals surface area contributed by atoms with Crippen LogP contribution in [0.5, 0.6) is 0 Å². The van der Waals surface area contributed by atoms with Gasteiger partial charge in [-0.1, -0.05) is 18.5 Å². The second-order valence-electron chi connectivity index (χ2n) is 2.69. The van der Waals surface area contributed by atoms with Gasteiger partial charge in [0, 0.05) is 16.7 Å². The van der Waals surface area contributed by atoms with Crippen LogP contribution in [-0.4, -0.2) is 10.4 Å². The molecule has 1 aromatic rings. The molecule has 0 bridgehead atoms. The molecular weight excluding hydrogens is 213 g/mol. The maximum atomic E-state index is 6.02. The van der Waals surface area contributed by atoms with Crippen LogP contribution in [0.25, 0.3) is 0 Å². The topological polar surface area (TPSA) is 12.9 Å². The first-order chi connectivity index (χ1) is 5.63. The van der Waals surface area contributed by atoms with E-state index in [1.165, 1.54) is 16.2 Å². The lowest BCUT2D eigenvalue weighted by molar-refractivity contribution is 0.809. The van der Waals surface area contributed by atoms with Crippen molar-refractivity contribution in [1.29, 1.82) is 0 Å². The molecule has 1 aromatic heterocycles. The molecular formula is C8H11Cl2NS. The number of halogens is 2. The Morgan fingerprint density at radius 2 is 2.25 bits per heavy atom. The zero-order chi connectivity index (χ0) is 9.14. The monoisotopic (exact) mass is 223 g/mol. The molecule has 0 spiro atoms. The van der Waals surface area contributed by atoms with Gasteiger partial charge in [0.1, 0.15) is 0 Å². The number of aryl methyl sites for hydroxylation is 1. The molecule has 0 aromatic carbocycles. The summed E-state index contributed by atoms with van der Waals surface area (Å²) in [5, 5.41) is 0.209. The van der Waals surface area contributed by atoms with Gasteiger partial charge in [0.2, 0.25) is 0 Å². The van der Waals surface area contributed by atoms with E-state index in [0.29, 0.717) is 4.47 Å². The summed E-state index contributed by atoms with van der Waals surface area (Å²) in [6.45, 7) is 4.05. The Bertz CT molecular complexity index is 260. The van der Waals surface area contributed by atoms with E-state index in [9.17, 15) is 0 Å². The summed E-state index contributed by atoms with van der Waals surface area (Å²) in [5.74, 6) is 0. The quantitative estimate of drug-likeness (QED) is 0.714. The Morgan fingerprint density at radius 3 is 2.67 bits per heavy atom. The fourth-order valence-electron chi connectivity index (χ4n) is 0.927. The summed E-state index contributed by atoms with van der Waals surface area (Å²) in [6, 6.07) is 0. The Labute approximate surface area is 86.7 Å². The van der Waals surface area contributed by atoms with Crippen LogP contribution in [0.15, 0.2) is 0 Å². The van der Waals surface area contributed by atoms with E-state index in [4.69, 9.17) is 23.2 Å². The van der Waals surface area contributed by atoms with Gasteiger partial charge >= 0.3 is 0 Å². The van der Waals surface area contributed by atoms with Gasteiger partial charge < -0.3 is 0 Å². The highest BCUT2D eigenvalue weighted by Crippen LogP contribution is 2.25. The van der Waals surface area contributed by atoms with Gasteiger partial charge in [0.05, 0.1) is 5.69 Å². The van der Waals surface area contributed by atoms with Crippen molar-refractivity contribution < 1.29 is 0 Å². The molecule has 12 heavy (non-hydrogen) atoms. The SMILES string of the molecule is CCC(Cl)Cc1sc(Cl)nc1C. The van der Waals surface area contributed by atoms with Crippen LogP contribution in [0.1, 0.15) is 23.9 Å². The second-order valence-corrected chi connectivity index (χ2v) is 4.97. The lowest BCUT2D eigenvalue weighted by Crippen LogP contribution is -2.00. The molecule has 0 saturated heterocycles. The van der Waals surface area contributed by atoms with Crippen LogP contribution in [0.2, 0.25) is 4.47 Å². The minimum absolute atomic E-state index is 0.209. The van der Waals surface area contributed by atoms with Crippen LogP contribution in [0, 0.1) is 6.92 Å². The van der Waals surface area contributed by atoms with Crippen molar-refractivity contribution in [2.24, 2.45) is 0 Å². The summed E-state index contributed by atoms with van der Waals surface area (Å²) in [6.07, 6.45) is 1.87. The van der Waals surface area contributed by atoms with E-state index in [1.54, 1.807) is 0 Å². The third-order valence-corrected chi connectivity index (χ3v) is 3.46. The van der Waals surface area contributed by atoms with Gasteiger partial charge in [-0.15, -0.1) is 22.9 Å². The first-order valence-corrected chi connectivity index (χ1v) is 5.52. The predicted octanol–water partition coefficient (Wildman–Crippen LogP) is 3.66. The fraction of sp³-hybridized carbons (Fsp3) is 0.625. The number of nitrogens with zero attached hydrogens (tertiary/aromatic N) is 1. The summed E-state index contributed by atoms with van der Waals surface area (Å²) in [7, 11) is 0. The number of rotatable bonds is 3. The number of hydrogen-bond acceptors (Lipinski definition) is 2. The van der Waals surface area contributed by atoms with Crippen molar-refractivity contribution >= 4 is 34.5 Å². The standard InChI is InChI=1S/C8H11Cl2NS/c1-3-6(9)4-7-5(2)11-8(10)12-7/h6H,3-4H2,1-2H3. The summed E-state index contributed by atoms with van der Waals surface area (Å²) in [5.41, 5.74) is 1.02. The van der Waals surface area contributed by atoms with E-state index in [-0.39, 0.29) is 5.38 Å². The molecule has 4 heteroatoms. The molecule has 68 valence electrons. The Balaban J connectivity index is 2.68.